The summed E-state index contributed by atoms with van der Waals surface area (Å²) >= 11 is 0. The van der Waals surface area contributed by atoms with E-state index in [1.54, 1.807) is 0 Å². The molecule has 0 bridgehead atoms. The molecule has 2 fully saturated rings. The molecule has 5 heteroatoms. The first-order valence-electron chi connectivity index (χ1n) is 6.82. The normalized spacial score (nSPS) is 21.9. The maximum atomic E-state index is 11.5. The lowest BCUT2D eigenvalue weighted by atomic mass is 9.93. The summed E-state index contributed by atoms with van der Waals surface area (Å²) in [7, 11) is 0. The molecular formula is C12H24N4O. The quantitative estimate of drug-likeness (QED) is 0.599. The van der Waals surface area contributed by atoms with Crippen LogP contribution in [-0.4, -0.2) is 56.2 Å². The Labute approximate surface area is 103 Å². The maximum Gasteiger partial charge on any atom is 0.315 e. The van der Waals surface area contributed by atoms with Gasteiger partial charge in [0.25, 0.3) is 0 Å². The lowest BCUT2D eigenvalue weighted by Gasteiger charge is -2.28. The first-order chi connectivity index (χ1) is 8.34. The predicted octanol–water partition coefficient (Wildman–Crippen LogP) is 0.133. The highest BCUT2D eigenvalue weighted by atomic mass is 16.2. The molecule has 1 heterocycles. The molecule has 0 aromatic heterocycles. The molecule has 2 amide bonds. The van der Waals surface area contributed by atoms with E-state index in [0.29, 0.717) is 6.04 Å². The van der Waals surface area contributed by atoms with Crippen molar-refractivity contribution in [3.05, 3.63) is 0 Å². The van der Waals surface area contributed by atoms with Gasteiger partial charge in [0.05, 0.1) is 0 Å². The summed E-state index contributed by atoms with van der Waals surface area (Å²) in [4.78, 5) is 13.9. The molecule has 2 aliphatic rings. The average Bonchev–Trinajstić information content (AvgIpc) is 2.31. The summed E-state index contributed by atoms with van der Waals surface area (Å²) in [5.41, 5.74) is 0. The minimum absolute atomic E-state index is 0.00927. The summed E-state index contributed by atoms with van der Waals surface area (Å²) in [6.45, 7) is 6.32. The molecule has 0 radical (unpaired) electrons. The zero-order chi connectivity index (χ0) is 11.9. The van der Waals surface area contributed by atoms with Crippen LogP contribution in [-0.2, 0) is 0 Å². The van der Waals surface area contributed by atoms with Crippen molar-refractivity contribution >= 4 is 6.03 Å². The highest BCUT2D eigenvalue weighted by molar-refractivity contribution is 5.74. The highest BCUT2D eigenvalue weighted by Crippen LogP contribution is 2.17. The fourth-order valence-corrected chi connectivity index (χ4v) is 2.23. The van der Waals surface area contributed by atoms with Gasteiger partial charge in [-0.3, -0.25) is 0 Å². The Kier molecular flexibility index (Phi) is 5.07. The van der Waals surface area contributed by atoms with Crippen molar-refractivity contribution in [2.45, 2.75) is 31.7 Å². The summed E-state index contributed by atoms with van der Waals surface area (Å²) in [5.74, 6) is 0. The Morgan fingerprint density at radius 3 is 2.71 bits per heavy atom. The number of piperazine rings is 1. The molecular weight excluding hydrogens is 216 g/mol. The number of carbonyl (C=O) groups is 1. The van der Waals surface area contributed by atoms with Gasteiger partial charge in [-0.15, -0.1) is 0 Å². The number of hydrogen-bond donors (Lipinski definition) is 3. The number of nitrogens with zero attached hydrogens (tertiary/aromatic N) is 1. The number of nitrogens with one attached hydrogen (secondary N) is 3. The maximum absolute atomic E-state index is 11.5. The van der Waals surface area contributed by atoms with Crippen LogP contribution in [0, 0.1) is 0 Å². The van der Waals surface area contributed by atoms with Gasteiger partial charge in [-0.1, -0.05) is 0 Å². The van der Waals surface area contributed by atoms with Gasteiger partial charge in [-0.05, 0) is 32.2 Å². The molecule has 0 unspecified atom stereocenters. The number of rotatable bonds is 5. The molecule has 1 aliphatic carbocycles. The van der Waals surface area contributed by atoms with Gasteiger partial charge in [-0.2, -0.15) is 0 Å². The summed E-state index contributed by atoms with van der Waals surface area (Å²) in [5, 5.41) is 9.25. The van der Waals surface area contributed by atoms with Crippen LogP contribution in [0.15, 0.2) is 0 Å². The first kappa shape index (κ1) is 12.6. The molecule has 2 rings (SSSR count). The van der Waals surface area contributed by atoms with Crippen molar-refractivity contribution in [1.29, 1.82) is 0 Å². The second kappa shape index (κ2) is 6.81. The van der Waals surface area contributed by atoms with Crippen molar-refractivity contribution < 1.29 is 4.79 Å². The summed E-state index contributed by atoms with van der Waals surface area (Å²) in [6, 6.07) is 0.443. The lowest BCUT2D eigenvalue weighted by Crippen LogP contribution is -2.46. The van der Waals surface area contributed by atoms with Crippen LogP contribution in [0.1, 0.15) is 25.7 Å². The van der Waals surface area contributed by atoms with Gasteiger partial charge in [0.1, 0.15) is 0 Å². The van der Waals surface area contributed by atoms with Gasteiger partial charge in [0.15, 0.2) is 0 Å². The van der Waals surface area contributed by atoms with Gasteiger partial charge in [0.2, 0.25) is 0 Å². The molecule has 0 aromatic rings. The number of hydrogen-bond acceptors (Lipinski definition) is 3. The van der Waals surface area contributed by atoms with Crippen LogP contribution in [0.2, 0.25) is 0 Å². The van der Waals surface area contributed by atoms with Crippen molar-refractivity contribution in [3.63, 3.8) is 0 Å². The molecule has 17 heavy (non-hydrogen) atoms. The molecule has 1 saturated heterocycles. The molecule has 0 aromatic carbocycles. The zero-order valence-electron chi connectivity index (χ0n) is 10.5. The first-order valence-corrected chi connectivity index (χ1v) is 6.82. The molecule has 0 spiro atoms. The topological polar surface area (TPSA) is 56.4 Å². The van der Waals surface area contributed by atoms with E-state index in [4.69, 9.17) is 0 Å². The van der Waals surface area contributed by atoms with Gasteiger partial charge in [-0.25, -0.2) is 4.79 Å². The number of amides is 2. The third kappa shape index (κ3) is 4.52. The van der Waals surface area contributed by atoms with E-state index in [1.807, 2.05) is 0 Å². The van der Waals surface area contributed by atoms with E-state index in [2.05, 4.69) is 20.9 Å². The van der Waals surface area contributed by atoms with E-state index in [-0.39, 0.29) is 6.03 Å². The molecule has 0 atom stereocenters. The lowest BCUT2D eigenvalue weighted by molar-refractivity contribution is 0.223. The SMILES string of the molecule is O=C(NCCCN1CCNCC1)NC1CCC1. The van der Waals surface area contributed by atoms with Crippen LogP contribution >= 0.6 is 0 Å². The fourth-order valence-electron chi connectivity index (χ4n) is 2.23. The molecule has 3 N–H and O–H groups in total. The Morgan fingerprint density at radius 2 is 2.06 bits per heavy atom. The Balaban J connectivity index is 1.45. The van der Waals surface area contributed by atoms with Crippen LogP contribution in [0.3, 0.4) is 0 Å². The van der Waals surface area contributed by atoms with E-state index in [9.17, 15) is 4.79 Å². The zero-order valence-corrected chi connectivity index (χ0v) is 10.5. The monoisotopic (exact) mass is 240 g/mol. The minimum Gasteiger partial charge on any atom is -0.338 e. The van der Waals surface area contributed by atoms with Gasteiger partial charge >= 0.3 is 6.03 Å². The van der Waals surface area contributed by atoms with Crippen LogP contribution < -0.4 is 16.0 Å². The summed E-state index contributed by atoms with van der Waals surface area (Å²) in [6.07, 6.45) is 4.59. The average molecular weight is 240 g/mol. The van der Waals surface area contributed by atoms with Crippen LogP contribution in [0.4, 0.5) is 4.79 Å². The van der Waals surface area contributed by atoms with Crippen molar-refractivity contribution in [1.82, 2.24) is 20.9 Å². The van der Waals surface area contributed by atoms with Crippen LogP contribution in [0.5, 0.6) is 0 Å². The predicted molar refractivity (Wildman–Crippen MR) is 68.1 cm³/mol. The third-order valence-corrected chi connectivity index (χ3v) is 3.59. The van der Waals surface area contributed by atoms with Crippen molar-refractivity contribution in [2.75, 3.05) is 39.3 Å². The Hall–Kier alpha value is -0.810. The molecule has 1 saturated carbocycles. The van der Waals surface area contributed by atoms with Crippen molar-refractivity contribution in [3.8, 4) is 0 Å². The fraction of sp³-hybridized carbons (Fsp3) is 0.917. The Morgan fingerprint density at radius 1 is 1.29 bits per heavy atom. The van der Waals surface area contributed by atoms with E-state index in [0.717, 1.165) is 58.5 Å². The number of urea groups is 1. The minimum atomic E-state index is 0.00927. The largest absolute Gasteiger partial charge is 0.338 e. The number of carbonyl (C=O) groups excluding carboxylic acids is 1. The highest BCUT2D eigenvalue weighted by Gasteiger charge is 2.18. The van der Waals surface area contributed by atoms with Gasteiger partial charge in [0, 0.05) is 38.8 Å². The van der Waals surface area contributed by atoms with Crippen LogP contribution in [0.25, 0.3) is 0 Å². The molecule has 5 nitrogen and oxygen atoms in total. The van der Waals surface area contributed by atoms with Crippen molar-refractivity contribution in [2.24, 2.45) is 0 Å². The second-order valence-corrected chi connectivity index (χ2v) is 4.97. The Bertz CT molecular complexity index is 237. The second-order valence-electron chi connectivity index (χ2n) is 4.97. The van der Waals surface area contributed by atoms with E-state index < -0.39 is 0 Å². The smallest absolute Gasteiger partial charge is 0.315 e. The van der Waals surface area contributed by atoms with Gasteiger partial charge < -0.3 is 20.9 Å². The standard InChI is InChI=1S/C12H24N4O/c17-12(15-11-3-1-4-11)14-5-2-8-16-9-6-13-7-10-16/h11,13H,1-10H2,(H2,14,15,17). The summed E-state index contributed by atoms with van der Waals surface area (Å²) < 4.78 is 0. The third-order valence-electron chi connectivity index (χ3n) is 3.59. The molecule has 1 aliphatic heterocycles. The van der Waals surface area contributed by atoms with E-state index >= 15 is 0 Å². The molecule has 98 valence electrons. The van der Waals surface area contributed by atoms with E-state index in [1.165, 1.54) is 6.42 Å².